The first-order valence-corrected chi connectivity index (χ1v) is 8.93. The standard InChI is InChI=1S/C18H24ClNO5/c1-2-24-10-11-25-16-14(19)4-3-5-15(16)20-17(21)12-6-8-13(9-7-12)18(22)23/h3-5,12-13H,2,6-11H2,1H3,(H,20,21)(H,22,23). The Hall–Kier alpha value is -1.79. The molecule has 1 aliphatic rings. The van der Waals surface area contributed by atoms with Gasteiger partial charge in [0.25, 0.3) is 0 Å². The third kappa shape index (κ3) is 5.61. The highest BCUT2D eigenvalue weighted by Gasteiger charge is 2.30. The van der Waals surface area contributed by atoms with Crippen molar-refractivity contribution in [3.63, 3.8) is 0 Å². The molecule has 0 aliphatic heterocycles. The molecule has 2 N–H and O–H groups in total. The zero-order chi connectivity index (χ0) is 18.2. The van der Waals surface area contributed by atoms with Crippen LogP contribution in [0.5, 0.6) is 5.75 Å². The summed E-state index contributed by atoms with van der Waals surface area (Å²) < 4.78 is 10.9. The number of aliphatic carboxylic acids is 1. The van der Waals surface area contributed by atoms with Crippen molar-refractivity contribution in [2.75, 3.05) is 25.1 Å². The minimum absolute atomic E-state index is 0.124. The predicted octanol–water partition coefficient (Wildman–Crippen LogP) is 3.58. The molecule has 138 valence electrons. The molecular formula is C18H24ClNO5. The zero-order valence-electron chi connectivity index (χ0n) is 14.3. The SMILES string of the molecule is CCOCCOc1c(Cl)cccc1NC(=O)C1CCC(C(=O)O)CC1. The number of hydrogen-bond acceptors (Lipinski definition) is 4. The van der Waals surface area contributed by atoms with E-state index < -0.39 is 5.97 Å². The van der Waals surface area contributed by atoms with Gasteiger partial charge in [0.2, 0.25) is 5.91 Å². The van der Waals surface area contributed by atoms with Crippen LogP contribution in [0.25, 0.3) is 0 Å². The Labute approximate surface area is 152 Å². The van der Waals surface area contributed by atoms with Crippen LogP contribution in [0.3, 0.4) is 0 Å². The Morgan fingerprint density at radius 3 is 2.52 bits per heavy atom. The first-order chi connectivity index (χ1) is 12.0. The van der Waals surface area contributed by atoms with Crippen molar-refractivity contribution in [2.45, 2.75) is 32.6 Å². The number of benzene rings is 1. The number of rotatable bonds is 8. The summed E-state index contributed by atoms with van der Waals surface area (Å²) in [6.45, 7) is 3.28. The highest BCUT2D eigenvalue weighted by Crippen LogP contribution is 2.35. The second-order valence-corrected chi connectivity index (χ2v) is 6.45. The van der Waals surface area contributed by atoms with E-state index in [9.17, 15) is 9.59 Å². The Kier molecular flexibility index (Phi) is 7.52. The molecule has 0 heterocycles. The number of hydrogen-bond donors (Lipinski definition) is 2. The molecule has 1 aliphatic carbocycles. The minimum Gasteiger partial charge on any atom is -0.487 e. The van der Waals surface area contributed by atoms with Crippen LogP contribution in [0.4, 0.5) is 5.69 Å². The van der Waals surface area contributed by atoms with Gasteiger partial charge in [-0.25, -0.2) is 0 Å². The van der Waals surface area contributed by atoms with E-state index in [0.29, 0.717) is 62.0 Å². The number of anilines is 1. The molecule has 2 rings (SSSR count). The van der Waals surface area contributed by atoms with Gasteiger partial charge < -0.3 is 19.9 Å². The Bertz CT molecular complexity index is 599. The number of carbonyl (C=O) groups excluding carboxylic acids is 1. The van der Waals surface area contributed by atoms with Gasteiger partial charge in [-0.15, -0.1) is 0 Å². The van der Waals surface area contributed by atoms with Crippen LogP contribution >= 0.6 is 11.6 Å². The van der Waals surface area contributed by atoms with E-state index in [0.717, 1.165) is 0 Å². The molecule has 1 aromatic rings. The molecule has 0 spiro atoms. The summed E-state index contributed by atoms with van der Waals surface area (Å²) in [5.41, 5.74) is 0.523. The van der Waals surface area contributed by atoms with Crippen LogP contribution in [0.15, 0.2) is 18.2 Å². The predicted molar refractivity (Wildman–Crippen MR) is 95.2 cm³/mol. The lowest BCUT2D eigenvalue weighted by molar-refractivity contribution is -0.143. The van der Waals surface area contributed by atoms with Gasteiger partial charge in [0.15, 0.2) is 5.75 Å². The van der Waals surface area contributed by atoms with E-state index in [1.165, 1.54) is 0 Å². The molecular weight excluding hydrogens is 346 g/mol. The minimum atomic E-state index is -0.779. The van der Waals surface area contributed by atoms with Crippen LogP contribution in [0.1, 0.15) is 32.6 Å². The quantitative estimate of drug-likeness (QED) is 0.684. The highest BCUT2D eigenvalue weighted by atomic mass is 35.5. The largest absolute Gasteiger partial charge is 0.487 e. The number of carboxylic acids is 1. The molecule has 0 radical (unpaired) electrons. The molecule has 0 saturated heterocycles. The van der Waals surface area contributed by atoms with E-state index in [2.05, 4.69) is 5.32 Å². The van der Waals surface area contributed by atoms with Gasteiger partial charge in [-0.1, -0.05) is 17.7 Å². The summed E-state index contributed by atoms with van der Waals surface area (Å²) in [7, 11) is 0. The number of ether oxygens (including phenoxy) is 2. The lowest BCUT2D eigenvalue weighted by Crippen LogP contribution is -2.29. The lowest BCUT2D eigenvalue weighted by Gasteiger charge is -2.25. The van der Waals surface area contributed by atoms with Gasteiger partial charge in [0.1, 0.15) is 6.61 Å². The summed E-state index contributed by atoms with van der Waals surface area (Å²) in [5.74, 6) is -1.01. The molecule has 6 nitrogen and oxygen atoms in total. The van der Waals surface area contributed by atoms with Gasteiger partial charge in [0, 0.05) is 12.5 Å². The molecule has 1 aromatic carbocycles. The average Bonchev–Trinajstić information content (AvgIpc) is 2.60. The molecule has 1 amide bonds. The van der Waals surface area contributed by atoms with Crippen LogP contribution in [-0.4, -0.2) is 36.8 Å². The van der Waals surface area contributed by atoms with E-state index in [1.807, 2.05) is 6.92 Å². The maximum absolute atomic E-state index is 12.5. The number of halogens is 1. The monoisotopic (exact) mass is 369 g/mol. The fraction of sp³-hybridized carbons (Fsp3) is 0.556. The van der Waals surface area contributed by atoms with Crippen molar-refractivity contribution in [1.82, 2.24) is 0 Å². The van der Waals surface area contributed by atoms with Gasteiger partial charge >= 0.3 is 5.97 Å². The van der Waals surface area contributed by atoms with E-state index in [4.69, 9.17) is 26.2 Å². The van der Waals surface area contributed by atoms with Crippen LogP contribution in [0.2, 0.25) is 5.02 Å². The molecule has 1 saturated carbocycles. The van der Waals surface area contributed by atoms with Crippen molar-refractivity contribution >= 4 is 29.2 Å². The normalized spacial score (nSPS) is 20.1. The summed E-state index contributed by atoms with van der Waals surface area (Å²) in [4.78, 5) is 23.5. The second-order valence-electron chi connectivity index (χ2n) is 6.04. The van der Waals surface area contributed by atoms with E-state index in [-0.39, 0.29) is 17.7 Å². The summed E-state index contributed by atoms with van der Waals surface area (Å²) in [6.07, 6.45) is 2.20. The fourth-order valence-corrected chi connectivity index (χ4v) is 3.17. The molecule has 0 bridgehead atoms. The van der Waals surface area contributed by atoms with Crippen LogP contribution in [0, 0.1) is 11.8 Å². The number of carboxylic acid groups (broad SMARTS) is 1. The van der Waals surface area contributed by atoms with Crippen molar-refractivity contribution in [2.24, 2.45) is 11.8 Å². The van der Waals surface area contributed by atoms with Gasteiger partial charge in [-0.3, -0.25) is 9.59 Å². The van der Waals surface area contributed by atoms with Gasteiger partial charge in [0.05, 0.1) is 23.2 Å². The van der Waals surface area contributed by atoms with E-state index in [1.54, 1.807) is 18.2 Å². The fourth-order valence-electron chi connectivity index (χ4n) is 2.94. The smallest absolute Gasteiger partial charge is 0.306 e. The number of carbonyl (C=O) groups is 2. The highest BCUT2D eigenvalue weighted by molar-refractivity contribution is 6.32. The summed E-state index contributed by atoms with van der Waals surface area (Å²) in [6, 6.07) is 5.18. The number of amides is 1. The van der Waals surface area contributed by atoms with Crippen LogP contribution in [-0.2, 0) is 14.3 Å². The third-order valence-corrected chi connectivity index (χ3v) is 4.65. The molecule has 25 heavy (non-hydrogen) atoms. The van der Waals surface area contributed by atoms with Crippen molar-refractivity contribution in [3.05, 3.63) is 23.2 Å². The van der Waals surface area contributed by atoms with Gasteiger partial charge in [-0.05, 0) is 44.7 Å². The third-order valence-electron chi connectivity index (χ3n) is 4.35. The molecule has 1 fully saturated rings. The average molecular weight is 370 g/mol. The van der Waals surface area contributed by atoms with Crippen molar-refractivity contribution in [3.8, 4) is 5.75 Å². The van der Waals surface area contributed by atoms with Crippen LogP contribution < -0.4 is 10.1 Å². The zero-order valence-corrected chi connectivity index (χ0v) is 15.1. The molecule has 7 heteroatoms. The number of nitrogens with one attached hydrogen (secondary N) is 1. The van der Waals surface area contributed by atoms with Crippen molar-refractivity contribution < 1.29 is 24.2 Å². The maximum Gasteiger partial charge on any atom is 0.306 e. The first-order valence-electron chi connectivity index (χ1n) is 8.55. The molecule has 0 unspecified atom stereocenters. The van der Waals surface area contributed by atoms with E-state index >= 15 is 0 Å². The van der Waals surface area contributed by atoms with Gasteiger partial charge in [-0.2, -0.15) is 0 Å². The Morgan fingerprint density at radius 2 is 1.88 bits per heavy atom. The summed E-state index contributed by atoms with van der Waals surface area (Å²) in [5, 5.41) is 12.3. The summed E-state index contributed by atoms with van der Waals surface area (Å²) >= 11 is 6.18. The maximum atomic E-state index is 12.5. The van der Waals surface area contributed by atoms with Crippen molar-refractivity contribution in [1.29, 1.82) is 0 Å². The molecule has 0 aromatic heterocycles. The topological polar surface area (TPSA) is 84.9 Å². The Balaban J connectivity index is 1.96. The lowest BCUT2D eigenvalue weighted by atomic mass is 9.81. The first kappa shape index (κ1) is 19.5. The Morgan fingerprint density at radius 1 is 1.20 bits per heavy atom. The second kappa shape index (κ2) is 9.63. The number of para-hydroxylation sites is 1. The molecule has 0 atom stereocenters.